The first-order chi connectivity index (χ1) is 18.7. The van der Waals surface area contributed by atoms with E-state index in [2.05, 4.69) is 88.5 Å². The third kappa shape index (κ3) is 8.92. The molecule has 3 rings (SSSR count). The van der Waals surface area contributed by atoms with Crippen LogP contribution in [0.25, 0.3) is 17.2 Å². The Labute approximate surface area is 247 Å². The standard InChI is InChI=1S/C35H45ClO3Si/c1-34(2,3)38-32(37)23-16-26-14-17-28(18-15-26)33(31(24-25-36)27-12-10-9-11-13-27)29-19-21-30(22-20-29)39-40(7,8)35(4,5)6/h9-21,23,30H,22,24-25H2,1-8H3. The Balaban J connectivity index is 1.97. The molecule has 40 heavy (non-hydrogen) atoms. The van der Waals surface area contributed by atoms with Gasteiger partial charge in [-0.3, -0.25) is 0 Å². The summed E-state index contributed by atoms with van der Waals surface area (Å²) in [4.78, 5) is 12.1. The Morgan fingerprint density at radius 2 is 1.62 bits per heavy atom. The van der Waals surface area contributed by atoms with Crippen molar-refractivity contribution in [2.24, 2.45) is 0 Å². The fourth-order valence-electron chi connectivity index (χ4n) is 4.35. The number of rotatable bonds is 9. The van der Waals surface area contributed by atoms with Gasteiger partial charge >= 0.3 is 5.97 Å². The molecule has 0 heterocycles. The van der Waals surface area contributed by atoms with E-state index in [0.717, 1.165) is 24.0 Å². The molecule has 1 aliphatic rings. The molecule has 1 aliphatic carbocycles. The Kier molecular flexibility index (Phi) is 10.6. The van der Waals surface area contributed by atoms with Crippen LogP contribution >= 0.6 is 11.6 Å². The maximum Gasteiger partial charge on any atom is 0.331 e. The van der Waals surface area contributed by atoms with Crippen molar-refractivity contribution in [1.29, 1.82) is 0 Å². The fourth-order valence-corrected chi connectivity index (χ4v) is 5.83. The molecule has 0 aliphatic heterocycles. The molecule has 2 aromatic rings. The lowest BCUT2D eigenvalue weighted by Gasteiger charge is -2.39. The largest absolute Gasteiger partial charge is 0.457 e. The van der Waals surface area contributed by atoms with Gasteiger partial charge in [0.2, 0.25) is 0 Å². The summed E-state index contributed by atoms with van der Waals surface area (Å²) in [6, 6.07) is 18.8. The van der Waals surface area contributed by atoms with E-state index in [0.29, 0.717) is 5.88 Å². The number of halogens is 1. The zero-order valence-electron chi connectivity index (χ0n) is 25.4. The van der Waals surface area contributed by atoms with Crippen molar-refractivity contribution >= 4 is 43.1 Å². The molecule has 214 valence electrons. The lowest BCUT2D eigenvalue weighted by molar-refractivity contribution is -0.148. The number of alkyl halides is 1. The molecule has 0 saturated carbocycles. The molecular weight excluding hydrogens is 532 g/mol. The van der Waals surface area contributed by atoms with Crippen molar-refractivity contribution < 1.29 is 14.0 Å². The second-order valence-electron chi connectivity index (χ2n) is 12.8. The normalized spacial score (nSPS) is 17.0. The molecule has 3 nitrogen and oxygen atoms in total. The van der Waals surface area contributed by atoms with Crippen molar-refractivity contribution in [2.45, 2.75) is 84.2 Å². The predicted molar refractivity (Wildman–Crippen MR) is 174 cm³/mol. The van der Waals surface area contributed by atoms with Gasteiger partial charge < -0.3 is 9.16 Å². The van der Waals surface area contributed by atoms with E-state index in [1.165, 1.54) is 28.4 Å². The third-order valence-electron chi connectivity index (χ3n) is 7.39. The number of carbonyl (C=O) groups excluding carboxylic acids is 1. The second kappa shape index (κ2) is 13.3. The molecule has 0 radical (unpaired) electrons. The predicted octanol–water partition coefficient (Wildman–Crippen LogP) is 9.86. The van der Waals surface area contributed by atoms with Gasteiger partial charge in [0.15, 0.2) is 8.32 Å². The summed E-state index contributed by atoms with van der Waals surface area (Å²) >= 11 is 6.36. The molecule has 0 aromatic heterocycles. The van der Waals surface area contributed by atoms with Crippen LogP contribution in [-0.2, 0) is 14.0 Å². The van der Waals surface area contributed by atoms with Gasteiger partial charge in [0.05, 0.1) is 6.10 Å². The first kappa shape index (κ1) is 31.9. The lowest BCUT2D eigenvalue weighted by atomic mass is 9.85. The van der Waals surface area contributed by atoms with Crippen molar-refractivity contribution in [3.63, 3.8) is 0 Å². The number of benzene rings is 2. The number of allylic oxidation sites excluding steroid dienone is 4. The first-order valence-electron chi connectivity index (χ1n) is 14.1. The minimum Gasteiger partial charge on any atom is -0.457 e. The Morgan fingerprint density at radius 3 is 2.15 bits per heavy atom. The van der Waals surface area contributed by atoms with Crippen LogP contribution in [0.1, 0.15) is 71.1 Å². The van der Waals surface area contributed by atoms with Gasteiger partial charge in [-0.15, -0.1) is 11.6 Å². The first-order valence-corrected chi connectivity index (χ1v) is 17.6. The number of hydrogen-bond acceptors (Lipinski definition) is 3. The summed E-state index contributed by atoms with van der Waals surface area (Å²) in [7, 11) is -1.88. The molecule has 0 amide bonds. The van der Waals surface area contributed by atoms with Gasteiger partial charge in [-0.05, 0) is 91.2 Å². The van der Waals surface area contributed by atoms with Crippen molar-refractivity contribution in [2.75, 3.05) is 5.88 Å². The number of hydrogen-bond donors (Lipinski definition) is 0. The summed E-state index contributed by atoms with van der Waals surface area (Å²) < 4.78 is 12.1. The van der Waals surface area contributed by atoms with Crippen LogP contribution in [-0.4, -0.2) is 31.9 Å². The zero-order chi connectivity index (χ0) is 29.6. The summed E-state index contributed by atoms with van der Waals surface area (Å²) in [5.41, 5.74) is 6.26. The highest BCUT2D eigenvalue weighted by Gasteiger charge is 2.38. The monoisotopic (exact) mass is 576 g/mol. The van der Waals surface area contributed by atoms with Gasteiger partial charge in [0.1, 0.15) is 5.60 Å². The van der Waals surface area contributed by atoms with E-state index in [1.54, 1.807) is 6.08 Å². The maximum absolute atomic E-state index is 12.1. The minimum atomic E-state index is -1.88. The smallest absolute Gasteiger partial charge is 0.331 e. The van der Waals surface area contributed by atoms with E-state index in [1.807, 2.05) is 39.0 Å². The molecule has 1 atom stereocenters. The van der Waals surface area contributed by atoms with Crippen LogP contribution in [0.15, 0.2) is 84.5 Å². The SMILES string of the molecule is CC(C)(C)OC(=O)C=Cc1ccc(C(C2=CCC(O[Si](C)(C)C(C)(C)C)C=C2)=C(CCCl)c2ccccc2)cc1. The molecule has 1 unspecified atom stereocenters. The van der Waals surface area contributed by atoms with Gasteiger partial charge in [0, 0.05) is 12.0 Å². The minimum absolute atomic E-state index is 0.0828. The van der Waals surface area contributed by atoms with E-state index >= 15 is 0 Å². The van der Waals surface area contributed by atoms with Crippen molar-refractivity contribution in [3.05, 3.63) is 101 Å². The summed E-state index contributed by atoms with van der Waals surface area (Å²) in [5, 5.41) is 0.163. The average Bonchev–Trinajstić information content (AvgIpc) is 2.87. The van der Waals surface area contributed by atoms with Crippen LogP contribution in [0.4, 0.5) is 0 Å². The van der Waals surface area contributed by atoms with Crippen LogP contribution in [0, 0.1) is 0 Å². The van der Waals surface area contributed by atoms with Crippen LogP contribution in [0.2, 0.25) is 18.1 Å². The highest BCUT2D eigenvalue weighted by molar-refractivity contribution is 6.74. The average molecular weight is 577 g/mol. The molecule has 2 aromatic carbocycles. The molecule has 0 fully saturated rings. The summed E-state index contributed by atoms with van der Waals surface area (Å²) in [6.45, 7) is 17.0. The maximum atomic E-state index is 12.1. The topological polar surface area (TPSA) is 35.5 Å². The highest BCUT2D eigenvalue weighted by atomic mass is 35.5. The molecule has 0 N–H and O–H groups in total. The third-order valence-corrected chi connectivity index (χ3v) is 12.1. The van der Waals surface area contributed by atoms with Gasteiger partial charge in [0.25, 0.3) is 0 Å². The molecule has 0 spiro atoms. The lowest BCUT2D eigenvalue weighted by Crippen LogP contribution is -2.43. The van der Waals surface area contributed by atoms with Gasteiger partial charge in [-0.1, -0.05) is 93.6 Å². The number of carbonyl (C=O) groups is 1. The van der Waals surface area contributed by atoms with E-state index < -0.39 is 13.9 Å². The fraction of sp³-hybridized carbons (Fsp3) is 0.400. The highest BCUT2D eigenvalue weighted by Crippen LogP contribution is 2.40. The molecule has 0 bridgehead atoms. The van der Waals surface area contributed by atoms with E-state index in [4.69, 9.17) is 20.8 Å². The quantitative estimate of drug-likeness (QED) is 0.0979. The molecule has 5 heteroatoms. The summed E-state index contributed by atoms with van der Waals surface area (Å²) in [5.74, 6) is 0.177. The Morgan fingerprint density at radius 1 is 0.975 bits per heavy atom. The second-order valence-corrected chi connectivity index (χ2v) is 18.0. The van der Waals surface area contributed by atoms with Gasteiger partial charge in [-0.25, -0.2) is 4.79 Å². The number of esters is 1. The zero-order valence-corrected chi connectivity index (χ0v) is 27.1. The van der Waals surface area contributed by atoms with Crippen molar-refractivity contribution in [1.82, 2.24) is 0 Å². The Hall–Kier alpha value is -2.66. The van der Waals surface area contributed by atoms with Crippen LogP contribution in [0.5, 0.6) is 0 Å². The molecule has 0 saturated heterocycles. The van der Waals surface area contributed by atoms with Crippen molar-refractivity contribution in [3.8, 4) is 0 Å². The molecular formula is C35H45ClO3Si. The van der Waals surface area contributed by atoms with E-state index in [9.17, 15) is 4.79 Å². The number of ether oxygens (including phenoxy) is 1. The Bertz CT molecular complexity index is 1270. The van der Waals surface area contributed by atoms with Gasteiger partial charge in [-0.2, -0.15) is 0 Å². The van der Waals surface area contributed by atoms with Crippen LogP contribution in [0.3, 0.4) is 0 Å². The van der Waals surface area contributed by atoms with Crippen LogP contribution < -0.4 is 0 Å². The summed E-state index contributed by atoms with van der Waals surface area (Å²) in [6.07, 6.45) is 11.7. The van der Waals surface area contributed by atoms with E-state index in [-0.39, 0.29) is 17.1 Å².